The Kier molecular flexibility index (Phi) is 5.36. The SMILES string of the molecule is C=CCC(NC)C(C)Oc1cccc(Cl)c1. The predicted molar refractivity (Wildman–Crippen MR) is 69.2 cm³/mol. The van der Waals surface area contributed by atoms with Gasteiger partial charge in [-0.1, -0.05) is 23.7 Å². The number of halogens is 1. The van der Waals surface area contributed by atoms with Gasteiger partial charge in [0.05, 0.1) is 0 Å². The van der Waals surface area contributed by atoms with Crippen molar-refractivity contribution in [1.82, 2.24) is 5.32 Å². The summed E-state index contributed by atoms with van der Waals surface area (Å²) in [6.07, 6.45) is 2.83. The maximum Gasteiger partial charge on any atom is 0.121 e. The number of nitrogens with one attached hydrogen (secondary N) is 1. The second-order valence-corrected chi connectivity index (χ2v) is 4.14. The normalized spacial score (nSPS) is 14.2. The zero-order valence-electron chi connectivity index (χ0n) is 9.74. The van der Waals surface area contributed by atoms with Crippen LogP contribution in [0, 0.1) is 0 Å². The maximum atomic E-state index is 5.89. The van der Waals surface area contributed by atoms with E-state index in [1.165, 1.54) is 0 Å². The standard InChI is InChI=1S/C13H18ClNO/c1-4-6-13(15-3)10(2)16-12-8-5-7-11(14)9-12/h4-5,7-10,13,15H,1,6H2,2-3H3. The molecule has 0 amide bonds. The topological polar surface area (TPSA) is 21.3 Å². The van der Waals surface area contributed by atoms with Gasteiger partial charge in [-0.15, -0.1) is 6.58 Å². The molecule has 88 valence electrons. The molecule has 1 aromatic rings. The van der Waals surface area contributed by atoms with Crippen molar-refractivity contribution in [1.29, 1.82) is 0 Å². The van der Waals surface area contributed by atoms with Crippen LogP contribution in [-0.2, 0) is 0 Å². The summed E-state index contributed by atoms with van der Waals surface area (Å²) in [4.78, 5) is 0. The summed E-state index contributed by atoms with van der Waals surface area (Å²) < 4.78 is 5.81. The van der Waals surface area contributed by atoms with E-state index in [-0.39, 0.29) is 12.1 Å². The van der Waals surface area contributed by atoms with Crippen LogP contribution in [0.3, 0.4) is 0 Å². The largest absolute Gasteiger partial charge is 0.489 e. The highest BCUT2D eigenvalue weighted by Gasteiger charge is 2.15. The molecule has 3 heteroatoms. The van der Waals surface area contributed by atoms with Crippen molar-refractivity contribution in [2.75, 3.05) is 7.05 Å². The van der Waals surface area contributed by atoms with E-state index in [2.05, 4.69) is 11.9 Å². The molecule has 1 rings (SSSR count). The third-order valence-electron chi connectivity index (χ3n) is 2.48. The van der Waals surface area contributed by atoms with E-state index in [0.29, 0.717) is 5.02 Å². The lowest BCUT2D eigenvalue weighted by Gasteiger charge is -2.23. The van der Waals surface area contributed by atoms with Gasteiger partial charge in [0.15, 0.2) is 0 Å². The lowest BCUT2D eigenvalue weighted by atomic mass is 10.1. The molecule has 0 aliphatic rings. The van der Waals surface area contributed by atoms with Crippen molar-refractivity contribution in [3.05, 3.63) is 41.9 Å². The van der Waals surface area contributed by atoms with Crippen LogP contribution in [0.5, 0.6) is 5.75 Å². The molecule has 0 aliphatic carbocycles. The van der Waals surface area contributed by atoms with Crippen LogP contribution >= 0.6 is 11.6 Å². The number of rotatable bonds is 6. The average Bonchev–Trinajstić information content (AvgIpc) is 2.25. The first-order chi connectivity index (χ1) is 7.67. The van der Waals surface area contributed by atoms with Crippen LogP contribution in [0.15, 0.2) is 36.9 Å². The zero-order chi connectivity index (χ0) is 12.0. The van der Waals surface area contributed by atoms with E-state index in [1.807, 2.05) is 44.3 Å². The van der Waals surface area contributed by atoms with Gasteiger partial charge in [-0.2, -0.15) is 0 Å². The Balaban J connectivity index is 2.61. The van der Waals surface area contributed by atoms with Crippen molar-refractivity contribution in [2.24, 2.45) is 0 Å². The summed E-state index contributed by atoms with van der Waals surface area (Å²) in [5.74, 6) is 0.796. The Morgan fingerprint density at radius 2 is 2.31 bits per heavy atom. The number of hydrogen-bond acceptors (Lipinski definition) is 2. The van der Waals surface area contributed by atoms with Gasteiger partial charge in [0.2, 0.25) is 0 Å². The van der Waals surface area contributed by atoms with Gasteiger partial charge in [-0.05, 0) is 38.6 Å². The molecular weight excluding hydrogens is 222 g/mol. The molecule has 1 aromatic carbocycles. The van der Waals surface area contributed by atoms with Crippen LogP contribution in [-0.4, -0.2) is 19.2 Å². The minimum atomic E-state index is 0.0708. The molecular formula is C13H18ClNO. The highest BCUT2D eigenvalue weighted by molar-refractivity contribution is 6.30. The van der Waals surface area contributed by atoms with Gasteiger partial charge < -0.3 is 10.1 Å². The summed E-state index contributed by atoms with van der Waals surface area (Å²) in [6.45, 7) is 5.77. The first kappa shape index (κ1) is 13.1. The highest BCUT2D eigenvalue weighted by atomic mass is 35.5. The molecule has 1 N–H and O–H groups in total. The lowest BCUT2D eigenvalue weighted by molar-refractivity contribution is 0.175. The van der Waals surface area contributed by atoms with E-state index in [1.54, 1.807) is 0 Å². The van der Waals surface area contributed by atoms with Crippen molar-refractivity contribution >= 4 is 11.6 Å². The number of hydrogen-bond donors (Lipinski definition) is 1. The molecule has 0 bridgehead atoms. The third kappa shape index (κ3) is 3.87. The molecule has 16 heavy (non-hydrogen) atoms. The predicted octanol–water partition coefficient (Wildman–Crippen LogP) is 3.27. The van der Waals surface area contributed by atoms with Gasteiger partial charge in [-0.3, -0.25) is 0 Å². The molecule has 0 aliphatic heterocycles. The third-order valence-corrected chi connectivity index (χ3v) is 2.71. The van der Waals surface area contributed by atoms with Crippen LogP contribution in [0.25, 0.3) is 0 Å². The van der Waals surface area contributed by atoms with Crippen LogP contribution in [0.1, 0.15) is 13.3 Å². The average molecular weight is 240 g/mol. The molecule has 0 aromatic heterocycles. The van der Waals surface area contributed by atoms with Crippen molar-refractivity contribution in [2.45, 2.75) is 25.5 Å². The molecule has 2 atom stereocenters. The minimum absolute atomic E-state index is 0.0708. The Hall–Kier alpha value is -0.990. The molecule has 0 spiro atoms. The molecule has 0 saturated heterocycles. The first-order valence-electron chi connectivity index (χ1n) is 5.37. The van der Waals surface area contributed by atoms with Gasteiger partial charge in [-0.25, -0.2) is 0 Å². The molecule has 2 unspecified atom stereocenters. The Morgan fingerprint density at radius 1 is 1.56 bits per heavy atom. The lowest BCUT2D eigenvalue weighted by Crippen LogP contribution is -2.38. The van der Waals surface area contributed by atoms with Gasteiger partial charge in [0.1, 0.15) is 11.9 Å². The van der Waals surface area contributed by atoms with Crippen molar-refractivity contribution in [3.8, 4) is 5.75 Å². The Bertz CT molecular complexity index is 340. The van der Waals surface area contributed by atoms with Crippen LogP contribution in [0.2, 0.25) is 5.02 Å². The highest BCUT2D eigenvalue weighted by Crippen LogP contribution is 2.19. The quantitative estimate of drug-likeness (QED) is 0.770. The summed E-state index contributed by atoms with van der Waals surface area (Å²) in [5, 5.41) is 3.90. The molecule has 0 fully saturated rings. The molecule has 0 radical (unpaired) electrons. The molecule has 0 heterocycles. The van der Waals surface area contributed by atoms with E-state index in [9.17, 15) is 0 Å². The fourth-order valence-corrected chi connectivity index (χ4v) is 1.74. The Labute approximate surface area is 102 Å². The van der Waals surface area contributed by atoms with Crippen molar-refractivity contribution in [3.63, 3.8) is 0 Å². The summed E-state index contributed by atoms with van der Waals surface area (Å²) in [7, 11) is 1.92. The second-order valence-electron chi connectivity index (χ2n) is 3.70. The fourth-order valence-electron chi connectivity index (χ4n) is 1.56. The van der Waals surface area contributed by atoms with Crippen LogP contribution < -0.4 is 10.1 Å². The van der Waals surface area contributed by atoms with Gasteiger partial charge in [0, 0.05) is 11.1 Å². The zero-order valence-corrected chi connectivity index (χ0v) is 10.5. The summed E-state index contributed by atoms with van der Waals surface area (Å²) in [6, 6.07) is 7.70. The smallest absolute Gasteiger partial charge is 0.121 e. The number of benzene rings is 1. The summed E-state index contributed by atoms with van der Waals surface area (Å²) >= 11 is 5.89. The number of ether oxygens (including phenoxy) is 1. The summed E-state index contributed by atoms with van der Waals surface area (Å²) in [5.41, 5.74) is 0. The fraction of sp³-hybridized carbons (Fsp3) is 0.385. The van der Waals surface area contributed by atoms with Gasteiger partial charge >= 0.3 is 0 Å². The monoisotopic (exact) mass is 239 g/mol. The van der Waals surface area contributed by atoms with Crippen LogP contribution in [0.4, 0.5) is 0 Å². The second kappa shape index (κ2) is 6.56. The minimum Gasteiger partial charge on any atom is -0.489 e. The maximum absolute atomic E-state index is 5.89. The van der Waals surface area contributed by atoms with Crippen molar-refractivity contribution < 1.29 is 4.74 Å². The van der Waals surface area contributed by atoms with E-state index in [0.717, 1.165) is 12.2 Å². The molecule has 2 nitrogen and oxygen atoms in total. The van der Waals surface area contributed by atoms with E-state index < -0.39 is 0 Å². The molecule has 0 saturated carbocycles. The van der Waals surface area contributed by atoms with E-state index >= 15 is 0 Å². The van der Waals surface area contributed by atoms with Gasteiger partial charge in [0.25, 0.3) is 0 Å². The number of likely N-dealkylation sites (N-methyl/N-ethyl adjacent to an activating group) is 1. The van der Waals surface area contributed by atoms with E-state index in [4.69, 9.17) is 16.3 Å². The first-order valence-corrected chi connectivity index (χ1v) is 5.75. The Morgan fingerprint density at radius 3 is 2.88 bits per heavy atom.